The fourth-order valence-corrected chi connectivity index (χ4v) is 10.7. The van der Waals surface area contributed by atoms with E-state index in [1.807, 2.05) is 46.4 Å². The van der Waals surface area contributed by atoms with E-state index in [1.54, 1.807) is 0 Å². The monoisotopic (exact) mass is 1220 g/mol. The molecule has 7 aromatic carbocycles. The lowest BCUT2D eigenvalue weighted by Crippen LogP contribution is -3.00. The maximum Gasteiger partial charge on any atom is 0.255 e. The largest absolute Gasteiger partial charge is 1.00 e. The maximum atomic E-state index is 7.11. The summed E-state index contributed by atoms with van der Waals surface area (Å²) in [7, 11) is 0. The Morgan fingerprint density at radius 1 is 0.348 bits per heavy atom. The first kappa shape index (κ1) is 52.9. The molecule has 10 aromatic rings. The minimum atomic E-state index is 0. The molecule has 0 aliphatic heterocycles. The van der Waals surface area contributed by atoms with Crippen molar-refractivity contribution in [1.82, 2.24) is 13.7 Å². The summed E-state index contributed by atoms with van der Waals surface area (Å²) in [6.45, 7) is 9.66. The molecular weight excluding hydrogens is 1190 g/mol. The summed E-state index contributed by atoms with van der Waals surface area (Å²) in [5.41, 5.74) is 10.1. The molecule has 6 nitrogen and oxygen atoms in total. The Morgan fingerprint density at radius 2 is 0.594 bits per heavy atom. The van der Waals surface area contributed by atoms with Crippen molar-refractivity contribution in [1.29, 1.82) is 0 Å². The van der Waals surface area contributed by atoms with Crippen LogP contribution in [0.4, 0.5) is 0 Å². The second-order valence-corrected chi connectivity index (χ2v) is 19.4. The Bertz CT molecular complexity index is 3140. The van der Waals surface area contributed by atoms with E-state index < -0.39 is 0 Å². The van der Waals surface area contributed by atoms with Crippen LogP contribution in [0.5, 0.6) is 0 Å². The van der Waals surface area contributed by atoms with E-state index in [-0.39, 0.29) is 50.9 Å². The van der Waals surface area contributed by atoms with Gasteiger partial charge in [0.1, 0.15) is 39.3 Å². The maximum absolute atomic E-state index is 7.11. The highest BCUT2D eigenvalue weighted by molar-refractivity contribution is 6.40. The summed E-state index contributed by atoms with van der Waals surface area (Å²) in [6, 6.07) is 44.5. The number of hydrogen-bond acceptors (Lipinski definition) is 0. The molecule has 69 heavy (non-hydrogen) atoms. The van der Waals surface area contributed by atoms with Crippen LogP contribution >= 0.6 is 69.6 Å². The SMILES string of the molecule is Cc1c(Cn2c[n+](Cc3ccc4ccccc4c3)c(Cl)c2Cl)c(C)c(Cn2c[n+](Cc3ccc4ccccc4c3)c(Cl)c2Cl)c(C)c1Cn1c[n+](Cc2ccc3ccccc3c2)c(Cl)c1Cl.[Br-].[Br-].[Br-]. The van der Waals surface area contributed by atoms with Crippen molar-refractivity contribution in [2.45, 2.75) is 60.0 Å². The molecule has 0 saturated heterocycles. The number of rotatable bonds is 12. The van der Waals surface area contributed by atoms with Crippen LogP contribution in [0, 0.1) is 20.8 Å². The number of imidazole rings is 3. The van der Waals surface area contributed by atoms with Gasteiger partial charge in [-0.05, 0) is 174 Å². The molecule has 0 saturated carbocycles. The molecule has 0 aliphatic rings. The van der Waals surface area contributed by atoms with Gasteiger partial charge < -0.3 is 50.9 Å². The Morgan fingerprint density at radius 3 is 0.855 bits per heavy atom. The summed E-state index contributed by atoms with van der Waals surface area (Å²) >= 11 is 42.4. The van der Waals surface area contributed by atoms with E-state index in [0.29, 0.717) is 70.2 Å². The molecular formula is C54H45Br3Cl6N6. The third-order valence-electron chi connectivity index (χ3n) is 13.1. The predicted octanol–water partition coefficient (Wildman–Crippen LogP) is 4.56. The van der Waals surface area contributed by atoms with Crippen LogP contribution in [0.3, 0.4) is 0 Å². The molecule has 0 amide bonds. The van der Waals surface area contributed by atoms with Crippen LogP contribution in [0.2, 0.25) is 30.9 Å². The van der Waals surface area contributed by atoms with Gasteiger partial charge in [-0.15, -0.1) is 0 Å². The minimum absolute atomic E-state index is 0. The Kier molecular flexibility index (Phi) is 17.1. The van der Waals surface area contributed by atoms with Gasteiger partial charge in [0.2, 0.25) is 19.0 Å². The topological polar surface area (TPSA) is 26.4 Å². The molecule has 0 fully saturated rings. The molecule has 0 N–H and O–H groups in total. The molecule has 0 spiro atoms. The van der Waals surface area contributed by atoms with E-state index in [1.165, 1.54) is 32.3 Å². The smallest absolute Gasteiger partial charge is 0.255 e. The van der Waals surface area contributed by atoms with Gasteiger partial charge in [-0.2, -0.15) is 0 Å². The van der Waals surface area contributed by atoms with Gasteiger partial charge in [0.25, 0.3) is 30.9 Å². The highest BCUT2D eigenvalue weighted by Crippen LogP contribution is 2.34. The Labute approximate surface area is 463 Å². The van der Waals surface area contributed by atoms with Crippen molar-refractivity contribution in [3.8, 4) is 0 Å². The van der Waals surface area contributed by atoms with Crippen LogP contribution in [0.15, 0.2) is 146 Å². The second-order valence-electron chi connectivity index (χ2n) is 17.2. The van der Waals surface area contributed by atoms with Crippen LogP contribution < -0.4 is 64.6 Å². The van der Waals surface area contributed by atoms with Crippen molar-refractivity contribution in [2.75, 3.05) is 0 Å². The summed E-state index contributed by atoms with van der Waals surface area (Å²) < 4.78 is 12.1. The van der Waals surface area contributed by atoms with Gasteiger partial charge in [-0.3, -0.25) is 0 Å². The van der Waals surface area contributed by atoms with Crippen LogP contribution in [0.1, 0.15) is 50.1 Å². The van der Waals surface area contributed by atoms with Crippen molar-refractivity contribution in [2.24, 2.45) is 0 Å². The molecule has 3 aromatic heterocycles. The lowest BCUT2D eigenvalue weighted by atomic mass is 9.87. The summed E-state index contributed by atoms with van der Waals surface area (Å²) in [4.78, 5) is 0. The third kappa shape index (κ3) is 10.7. The van der Waals surface area contributed by atoms with E-state index in [2.05, 4.69) is 148 Å². The van der Waals surface area contributed by atoms with Gasteiger partial charge in [-0.1, -0.05) is 109 Å². The summed E-state index contributed by atoms with van der Waals surface area (Å²) in [5.74, 6) is 0. The number of fused-ring (bicyclic) bond motifs is 3. The average molecular weight is 1230 g/mol. The molecule has 10 rings (SSSR count). The van der Waals surface area contributed by atoms with Crippen molar-refractivity contribution in [3.63, 3.8) is 0 Å². The normalized spacial score (nSPS) is 11.3. The fourth-order valence-electron chi connectivity index (χ4n) is 9.40. The van der Waals surface area contributed by atoms with Crippen molar-refractivity contribution < 1.29 is 64.6 Å². The molecule has 0 aliphatic carbocycles. The van der Waals surface area contributed by atoms with Crippen LogP contribution in [-0.4, -0.2) is 13.7 Å². The molecule has 0 unspecified atom stereocenters. The third-order valence-corrected chi connectivity index (χ3v) is 15.7. The van der Waals surface area contributed by atoms with Crippen molar-refractivity contribution in [3.05, 3.63) is 227 Å². The fraction of sp³-hybridized carbons (Fsp3) is 0.167. The van der Waals surface area contributed by atoms with Gasteiger partial charge in [0.05, 0.1) is 0 Å². The quantitative estimate of drug-likeness (QED) is 0.161. The second kappa shape index (κ2) is 22.3. The minimum Gasteiger partial charge on any atom is -1.00 e. The number of benzene rings is 7. The number of hydrogen-bond donors (Lipinski definition) is 0. The predicted molar refractivity (Wildman–Crippen MR) is 271 cm³/mol. The Hall–Kier alpha value is -3.87. The molecule has 15 heteroatoms. The number of nitrogens with zero attached hydrogens (tertiary/aromatic N) is 6. The average Bonchev–Trinajstić information content (AvgIpc) is 3.86. The number of halogens is 9. The van der Waals surface area contributed by atoms with E-state index in [0.717, 1.165) is 50.1 Å². The molecule has 0 bridgehead atoms. The molecule has 354 valence electrons. The lowest BCUT2D eigenvalue weighted by molar-refractivity contribution is -0.685. The van der Waals surface area contributed by atoms with Gasteiger partial charge in [0.15, 0.2) is 0 Å². The highest BCUT2D eigenvalue weighted by Gasteiger charge is 2.29. The Balaban J connectivity index is 0.00000234. The number of aromatic nitrogens is 6. The van der Waals surface area contributed by atoms with E-state index in [9.17, 15) is 0 Å². The van der Waals surface area contributed by atoms with E-state index >= 15 is 0 Å². The molecule has 0 atom stereocenters. The molecule has 0 radical (unpaired) electrons. The van der Waals surface area contributed by atoms with Crippen LogP contribution in [-0.2, 0) is 39.3 Å². The lowest BCUT2D eigenvalue weighted by Gasteiger charge is -2.20. The van der Waals surface area contributed by atoms with Gasteiger partial charge in [-0.25, -0.2) is 27.4 Å². The summed E-state index contributed by atoms with van der Waals surface area (Å²) in [5, 5.41) is 9.91. The zero-order valence-corrected chi connectivity index (χ0v) is 47.0. The summed E-state index contributed by atoms with van der Waals surface area (Å²) in [6.07, 6.45) is 6.03. The van der Waals surface area contributed by atoms with Gasteiger partial charge in [0, 0.05) is 16.7 Å². The first-order valence-electron chi connectivity index (χ1n) is 21.7. The van der Waals surface area contributed by atoms with Crippen LogP contribution in [0.25, 0.3) is 32.3 Å². The van der Waals surface area contributed by atoms with Gasteiger partial charge >= 0.3 is 0 Å². The highest BCUT2D eigenvalue weighted by atomic mass is 79.9. The first-order valence-corrected chi connectivity index (χ1v) is 24.0. The van der Waals surface area contributed by atoms with Crippen molar-refractivity contribution >= 4 is 102 Å². The van der Waals surface area contributed by atoms with E-state index in [4.69, 9.17) is 69.6 Å². The standard InChI is InChI=1S/C54H45Cl6N6.3BrH/c1-34-46(28-64-31-61(49(55)52(64)58)25-37-16-19-40-10-4-7-13-43(40)22-37)35(2)48(30-66-33-63(51(57)54(66)60)27-39-18-21-42-12-6-9-15-45(42)24-39)36(3)47(34)29-65-32-62(50(56)53(65)59)26-38-17-20-41-11-5-8-14-44(41)23-38;;;/h4-24,31-33H,25-30H2,1-3H3;3*1H/q+3;;;/p-3. The zero-order chi connectivity index (χ0) is 45.8. The zero-order valence-electron chi connectivity index (χ0n) is 37.7. The first-order chi connectivity index (χ1) is 31.9. The molecule has 3 heterocycles.